The largest absolute Gasteiger partial charge is 0.493 e. The van der Waals surface area contributed by atoms with Crippen LogP contribution >= 0.6 is 0 Å². The molecule has 0 saturated heterocycles. The highest BCUT2D eigenvalue weighted by molar-refractivity contribution is 5.93. The molecule has 1 N–H and O–H groups in total. The molecule has 6 nitrogen and oxygen atoms in total. The third kappa shape index (κ3) is 5.16. The van der Waals surface area contributed by atoms with Crippen molar-refractivity contribution in [2.24, 2.45) is 0 Å². The van der Waals surface area contributed by atoms with Crippen molar-refractivity contribution in [3.8, 4) is 17.2 Å². The molecule has 1 amide bonds. The van der Waals surface area contributed by atoms with Gasteiger partial charge in [-0.2, -0.15) is 0 Å². The molecule has 0 saturated carbocycles. The van der Waals surface area contributed by atoms with Crippen molar-refractivity contribution < 1.29 is 19.0 Å². The number of hydrogen-bond donors (Lipinski definition) is 1. The molecular formula is C22H30N2O4. The lowest BCUT2D eigenvalue weighted by Gasteiger charge is -2.29. The van der Waals surface area contributed by atoms with Crippen LogP contribution in [0.3, 0.4) is 0 Å². The van der Waals surface area contributed by atoms with Gasteiger partial charge in [0.05, 0.1) is 27.9 Å². The van der Waals surface area contributed by atoms with Crippen molar-refractivity contribution in [2.75, 3.05) is 39.7 Å². The van der Waals surface area contributed by atoms with Crippen molar-refractivity contribution in [3.63, 3.8) is 0 Å². The van der Waals surface area contributed by atoms with Gasteiger partial charge in [-0.05, 0) is 18.5 Å². The van der Waals surface area contributed by atoms with Crippen molar-refractivity contribution in [3.05, 3.63) is 48.0 Å². The number of hydrogen-bond acceptors (Lipinski definition) is 5. The topological polar surface area (TPSA) is 60.0 Å². The Morgan fingerprint density at radius 3 is 2.07 bits per heavy atom. The number of nitrogens with one attached hydrogen (secondary N) is 1. The Labute approximate surface area is 167 Å². The first-order valence-electron chi connectivity index (χ1n) is 9.46. The number of benzene rings is 2. The van der Waals surface area contributed by atoms with Gasteiger partial charge >= 0.3 is 0 Å². The molecular weight excluding hydrogens is 356 g/mol. The van der Waals surface area contributed by atoms with Gasteiger partial charge in [-0.15, -0.1) is 0 Å². The summed E-state index contributed by atoms with van der Waals surface area (Å²) in [7, 11) is 4.65. The van der Waals surface area contributed by atoms with E-state index < -0.39 is 0 Å². The Hall–Kier alpha value is -2.73. The fourth-order valence-corrected chi connectivity index (χ4v) is 3.36. The number of carbonyl (C=O) groups excluding carboxylic acids is 1. The van der Waals surface area contributed by atoms with Gasteiger partial charge in [0.1, 0.15) is 0 Å². The zero-order valence-electron chi connectivity index (χ0n) is 17.3. The first kappa shape index (κ1) is 21.6. The summed E-state index contributed by atoms with van der Waals surface area (Å²) in [4.78, 5) is 14.9. The Morgan fingerprint density at radius 1 is 1.00 bits per heavy atom. The second-order valence-electron chi connectivity index (χ2n) is 6.36. The van der Waals surface area contributed by atoms with Crippen LogP contribution in [-0.4, -0.2) is 45.2 Å². The lowest BCUT2D eigenvalue weighted by Crippen LogP contribution is -2.36. The zero-order valence-corrected chi connectivity index (χ0v) is 17.3. The van der Waals surface area contributed by atoms with Gasteiger partial charge in [0.25, 0.3) is 0 Å². The number of rotatable bonds is 10. The first-order chi connectivity index (χ1) is 13.6. The number of ether oxygens (including phenoxy) is 3. The minimum absolute atomic E-state index is 0.0921. The maximum atomic E-state index is 12.7. The van der Waals surface area contributed by atoms with E-state index in [-0.39, 0.29) is 11.9 Å². The average molecular weight is 386 g/mol. The molecule has 0 fully saturated rings. The summed E-state index contributed by atoms with van der Waals surface area (Å²) in [5, 5.41) is 2.94. The molecule has 0 radical (unpaired) electrons. The van der Waals surface area contributed by atoms with Gasteiger partial charge in [-0.1, -0.05) is 44.2 Å². The normalized spacial score (nSPS) is 11.8. The van der Waals surface area contributed by atoms with E-state index >= 15 is 0 Å². The van der Waals surface area contributed by atoms with Gasteiger partial charge in [0.2, 0.25) is 11.7 Å². The molecule has 2 aromatic rings. The van der Waals surface area contributed by atoms with E-state index in [0.717, 1.165) is 13.0 Å². The monoisotopic (exact) mass is 386 g/mol. The second kappa shape index (κ2) is 10.6. The van der Waals surface area contributed by atoms with E-state index in [0.29, 0.717) is 29.5 Å². The quantitative estimate of drug-likeness (QED) is 0.665. The molecule has 2 rings (SSSR count). The van der Waals surface area contributed by atoms with Crippen LogP contribution in [0.25, 0.3) is 0 Å². The fraction of sp³-hybridized carbons (Fsp3) is 0.409. The van der Waals surface area contributed by atoms with Crippen LogP contribution < -0.4 is 19.5 Å². The highest BCUT2D eigenvalue weighted by Crippen LogP contribution is 2.39. The Bertz CT molecular complexity index is 739. The summed E-state index contributed by atoms with van der Waals surface area (Å²) in [5.74, 6) is 1.40. The van der Waals surface area contributed by atoms with E-state index in [4.69, 9.17) is 14.2 Å². The van der Waals surface area contributed by atoms with Crippen LogP contribution in [0.4, 0.5) is 5.69 Å². The van der Waals surface area contributed by atoms with Crippen LogP contribution in [0.5, 0.6) is 17.2 Å². The Kier molecular flexibility index (Phi) is 8.14. The van der Waals surface area contributed by atoms with E-state index in [9.17, 15) is 4.79 Å². The van der Waals surface area contributed by atoms with Gasteiger partial charge in [-0.3, -0.25) is 9.69 Å². The Balaban J connectivity index is 2.15. The molecule has 6 heteroatoms. The van der Waals surface area contributed by atoms with Crippen LogP contribution in [0.15, 0.2) is 42.5 Å². The summed E-state index contributed by atoms with van der Waals surface area (Å²) in [6.07, 6.45) is 0.926. The van der Waals surface area contributed by atoms with Crippen LogP contribution in [0.1, 0.15) is 31.9 Å². The summed E-state index contributed by atoms with van der Waals surface area (Å²) in [6.45, 7) is 5.27. The van der Waals surface area contributed by atoms with Gasteiger partial charge in [0, 0.05) is 23.9 Å². The van der Waals surface area contributed by atoms with E-state index in [2.05, 4.69) is 36.2 Å². The molecule has 0 aliphatic rings. The number of likely N-dealkylation sites (N-methyl/N-ethyl adjacent to an activating group) is 1. The first-order valence-corrected chi connectivity index (χ1v) is 9.46. The molecule has 2 aromatic carbocycles. The average Bonchev–Trinajstić information content (AvgIpc) is 2.73. The van der Waals surface area contributed by atoms with Crippen LogP contribution in [0.2, 0.25) is 0 Å². The summed E-state index contributed by atoms with van der Waals surface area (Å²) in [6, 6.07) is 13.9. The summed E-state index contributed by atoms with van der Waals surface area (Å²) >= 11 is 0. The molecule has 0 aliphatic heterocycles. The van der Waals surface area contributed by atoms with Crippen molar-refractivity contribution in [1.82, 2.24) is 4.90 Å². The lowest BCUT2D eigenvalue weighted by molar-refractivity contribution is -0.117. The number of carbonyl (C=O) groups is 1. The van der Waals surface area contributed by atoms with E-state index in [1.807, 2.05) is 18.2 Å². The summed E-state index contributed by atoms with van der Waals surface area (Å²) < 4.78 is 16.0. The molecule has 0 aliphatic carbocycles. The van der Waals surface area contributed by atoms with E-state index in [1.165, 1.54) is 5.56 Å². The predicted molar refractivity (Wildman–Crippen MR) is 111 cm³/mol. The predicted octanol–water partition coefficient (Wildman–Crippen LogP) is 4.12. The number of anilines is 1. The molecule has 0 spiro atoms. The zero-order chi connectivity index (χ0) is 20.5. The van der Waals surface area contributed by atoms with Gasteiger partial charge < -0.3 is 19.5 Å². The number of methoxy groups -OCH3 is 3. The molecule has 152 valence electrons. The molecule has 0 bridgehead atoms. The number of nitrogens with zero attached hydrogens (tertiary/aromatic N) is 1. The van der Waals surface area contributed by atoms with Gasteiger partial charge in [-0.25, -0.2) is 0 Å². The summed E-state index contributed by atoms with van der Waals surface area (Å²) in [5.41, 5.74) is 1.82. The standard InChI is InChI=1S/C22H30N2O4/c1-6-18(16-11-9-8-10-12-16)24(7-2)15-21(25)23-17-13-19(26-3)22(28-5)20(14-17)27-4/h8-14,18H,6-7,15H2,1-5H3,(H,23,25). The smallest absolute Gasteiger partial charge is 0.238 e. The SMILES string of the molecule is CCC(c1ccccc1)N(CC)CC(=O)Nc1cc(OC)c(OC)c(OC)c1. The fourth-order valence-electron chi connectivity index (χ4n) is 3.36. The van der Waals surface area contributed by atoms with Crippen molar-refractivity contribution in [1.29, 1.82) is 0 Å². The highest BCUT2D eigenvalue weighted by Gasteiger charge is 2.21. The molecule has 28 heavy (non-hydrogen) atoms. The molecule has 1 atom stereocenters. The third-order valence-electron chi connectivity index (χ3n) is 4.71. The van der Waals surface area contributed by atoms with Crippen molar-refractivity contribution in [2.45, 2.75) is 26.3 Å². The lowest BCUT2D eigenvalue weighted by atomic mass is 10.0. The van der Waals surface area contributed by atoms with Crippen LogP contribution in [0, 0.1) is 0 Å². The van der Waals surface area contributed by atoms with Crippen molar-refractivity contribution >= 4 is 11.6 Å². The van der Waals surface area contributed by atoms with Gasteiger partial charge in [0.15, 0.2) is 11.5 Å². The maximum Gasteiger partial charge on any atom is 0.238 e. The second-order valence-corrected chi connectivity index (χ2v) is 6.36. The molecule has 0 heterocycles. The Morgan fingerprint density at radius 2 is 1.61 bits per heavy atom. The maximum absolute atomic E-state index is 12.7. The minimum Gasteiger partial charge on any atom is -0.493 e. The molecule has 0 aromatic heterocycles. The number of amides is 1. The van der Waals surface area contributed by atoms with E-state index in [1.54, 1.807) is 33.5 Å². The molecule has 1 unspecified atom stereocenters. The minimum atomic E-state index is -0.0921. The highest BCUT2D eigenvalue weighted by atomic mass is 16.5. The van der Waals surface area contributed by atoms with Crippen LogP contribution in [-0.2, 0) is 4.79 Å². The third-order valence-corrected chi connectivity index (χ3v) is 4.71.